The quantitative estimate of drug-likeness (QED) is 0.183. The van der Waals surface area contributed by atoms with E-state index >= 15 is 0 Å². The van der Waals surface area contributed by atoms with Gasteiger partial charge in [-0.2, -0.15) is 0 Å². The van der Waals surface area contributed by atoms with E-state index in [9.17, 15) is 0 Å². The lowest BCUT2D eigenvalue weighted by Crippen LogP contribution is -2.30. The molecule has 0 aliphatic carbocycles. The van der Waals surface area contributed by atoms with Gasteiger partial charge in [0.05, 0.1) is 0 Å². The topological polar surface area (TPSA) is 145 Å². The first-order valence-electron chi connectivity index (χ1n) is 3.96. The van der Waals surface area contributed by atoms with Crippen LogP contribution in [0.1, 0.15) is 0 Å². The van der Waals surface area contributed by atoms with Crippen LogP contribution in [-0.4, -0.2) is 31.3 Å². The van der Waals surface area contributed by atoms with E-state index in [0.717, 1.165) is 6.54 Å². The van der Waals surface area contributed by atoms with Gasteiger partial charge in [-0.1, -0.05) is 19.6 Å². The van der Waals surface area contributed by atoms with E-state index in [1.807, 2.05) is 0 Å². The molecule has 0 saturated carbocycles. The number of hydrazine groups is 2. The zero-order valence-corrected chi connectivity index (χ0v) is 9.92. The number of amides is 1. The van der Waals surface area contributed by atoms with Crippen LogP contribution in [0.2, 0.25) is 25.7 Å². The van der Waals surface area contributed by atoms with E-state index < -0.39 is 14.2 Å². The Bertz CT molecular complexity index is 140. The van der Waals surface area contributed by atoms with Crippen molar-refractivity contribution in [1.29, 1.82) is 0 Å². The van der Waals surface area contributed by atoms with Crippen LogP contribution in [-0.2, 0) is 0 Å². The van der Waals surface area contributed by atoms with Crippen LogP contribution in [0, 0.1) is 0 Å². The van der Waals surface area contributed by atoms with Crippen molar-refractivity contribution >= 4 is 14.2 Å². The molecule has 0 aromatic heterocycles. The van der Waals surface area contributed by atoms with Crippen LogP contribution in [0.5, 0.6) is 0 Å². The monoisotopic (exact) mass is 226 g/mol. The van der Waals surface area contributed by atoms with Crippen LogP contribution >= 0.6 is 0 Å². The van der Waals surface area contributed by atoms with Crippen LogP contribution in [0.4, 0.5) is 4.79 Å². The largest absolute Gasteiger partial charge is 0.464 e. The summed E-state index contributed by atoms with van der Waals surface area (Å²) in [5, 5.41) is 7.49. The molecule has 7 nitrogen and oxygen atoms in total. The third kappa shape index (κ3) is 30.2. The maximum atomic E-state index is 9.13. The highest BCUT2D eigenvalue weighted by Crippen LogP contribution is 2.04. The van der Waals surface area contributed by atoms with Gasteiger partial charge in [-0.3, -0.25) is 16.7 Å². The maximum absolute atomic E-state index is 9.13. The van der Waals surface area contributed by atoms with Crippen molar-refractivity contribution in [2.45, 2.75) is 25.7 Å². The average molecular weight is 226 g/mol. The van der Waals surface area contributed by atoms with Crippen molar-refractivity contribution in [2.24, 2.45) is 11.7 Å². The molecule has 0 aliphatic heterocycles. The normalized spacial score (nSPS) is 9.21. The Morgan fingerprint density at radius 3 is 1.79 bits per heavy atom. The molecule has 0 spiro atoms. The Kier molecular flexibility index (Phi) is 14.1. The first kappa shape index (κ1) is 19.0. The molecular formula is C6H22N4O3Si. The Hall–Kier alpha value is -0.673. The molecule has 0 unspecified atom stereocenters. The number of hydrogen-bond acceptors (Lipinski definition) is 4. The van der Waals surface area contributed by atoms with Crippen LogP contribution in [0.15, 0.2) is 0 Å². The molecule has 0 aliphatic rings. The first-order valence-corrected chi connectivity index (χ1v) is 7.67. The van der Waals surface area contributed by atoms with Gasteiger partial charge in [-0.25, -0.2) is 10.6 Å². The molecule has 0 saturated heterocycles. The van der Waals surface area contributed by atoms with Crippen LogP contribution in [0.3, 0.4) is 0 Å². The lowest BCUT2D eigenvalue weighted by atomic mass is 10.8. The van der Waals surface area contributed by atoms with E-state index in [-0.39, 0.29) is 5.48 Å². The zero-order valence-electron chi connectivity index (χ0n) is 8.92. The summed E-state index contributed by atoms with van der Waals surface area (Å²) in [6, 6.07) is 1.27. The predicted molar refractivity (Wildman–Crippen MR) is 59.3 cm³/mol. The Balaban J connectivity index is -0.000000177. The van der Waals surface area contributed by atoms with E-state index in [1.165, 1.54) is 11.5 Å². The summed E-state index contributed by atoms with van der Waals surface area (Å²) in [7, 11) is -0.821. The Labute approximate surface area is 85.1 Å². The summed E-state index contributed by atoms with van der Waals surface area (Å²) < 4.78 is 0. The van der Waals surface area contributed by atoms with Gasteiger partial charge in [-0.05, 0) is 6.04 Å². The van der Waals surface area contributed by atoms with Crippen molar-refractivity contribution in [3.8, 4) is 0 Å². The van der Waals surface area contributed by atoms with Crippen LogP contribution < -0.4 is 22.5 Å². The molecule has 0 heterocycles. The summed E-state index contributed by atoms with van der Waals surface area (Å²) in [5.41, 5.74) is 4.10. The van der Waals surface area contributed by atoms with E-state index in [1.54, 1.807) is 0 Å². The molecule has 88 valence electrons. The van der Waals surface area contributed by atoms with Crippen molar-refractivity contribution in [3.63, 3.8) is 0 Å². The van der Waals surface area contributed by atoms with Crippen molar-refractivity contribution in [1.82, 2.24) is 10.9 Å². The second-order valence-electron chi connectivity index (χ2n) is 3.71. The minimum Gasteiger partial charge on any atom is -0.464 e. The molecule has 0 fully saturated rings. The van der Waals surface area contributed by atoms with E-state index in [4.69, 9.17) is 15.7 Å². The summed E-state index contributed by atoms with van der Waals surface area (Å²) in [4.78, 5) is 9.13. The molecule has 0 atom stereocenters. The minimum absolute atomic E-state index is 0. The Morgan fingerprint density at radius 1 is 1.36 bits per heavy atom. The highest BCUT2D eigenvalue weighted by molar-refractivity contribution is 6.76. The smallest absolute Gasteiger partial charge is 0.418 e. The van der Waals surface area contributed by atoms with Gasteiger partial charge in [0.15, 0.2) is 0 Å². The fourth-order valence-electron chi connectivity index (χ4n) is 0.447. The number of nitrogens with one attached hydrogen (secondary N) is 2. The SMILES string of the molecule is C[Si](C)(C)CCNN.NNC(=O)O.O. The molecule has 1 amide bonds. The predicted octanol–water partition coefficient (Wildman–Crippen LogP) is -0.909. The fraction of sp³-hybridized carbons (Fsp3) is 0.833. The van der Waals surface area contributed by atoms with Crippen molar-refractivity contribution < 1.29 is 15.4 Å². The van der Waals surface area contributed by atoms with Gasteiger partial charge in [0.1, 0.15) is 0 Å². The molecular weight excluding hydrogens is 204 g/mol. The average Bonchev–Trinajstić information content (AvgIpc) is 2.00. The summed E-state index contributed by atoms with van der Waals surface area (Å²) in [5.74, 6) is 9.43. The molecule has 0 radical (unpaired) electrons. The molecule has 8 heteroatoms. The lowest BCUT2D eigenvalue weighted by molar-refractivity contribution is 0.194. The van der Waals surface area contributed by atoms with Gasteiger partial charge in [0.25, 0.3) is 0 Å². The van der Waals surface area contributed by atoms with E-state index in [0.29, 0.717) is 0 Å². The lowest BCUT2D eigenvalue weighted by Gasteiger charge is -2.13. The summed E-state index contributed by atoms with van der Waals surface area (Å²) in [6.07, 6.45) is -1.22. The number of carbonyl (C=O) groups is 1. The molecule has 0 rings (SSSR count). The van der Waals surface area contributed by atoms with Crippen molar-refractivity contribution in [2.75, 3.05) is 6.54 Å². The Morgan fingerprint density at radius 2 is 1.71 bits per heavy atom. The highest BCUT2D eigenvalue weighted by atomic mass is 28.3. The molecule has 9 N–H and O–H groups in total. The van der Waals surface area contributed by atoms with Crippen molar-refractivity contribution in [3.05, 3.63) is 0 Å². The fourth-order valence-corrected chi connectivity index (χ4v) is 1.34. The number of hydrogen-bond donors (Lipinski definition) is 5. The standard InChI is InChI=1S/C5H16N2Si.CH4N2O2.H2O/c1-8(2,3)5-4-7-6;2-3-1(4)5;/h7H,4-6H2,1-3H3;3H,2H2,(H,4,5);1H2. The van der Waals surface area contributed by atoms with Gasteiger partial charge < -0.3 is 10.6 Å². The second kappa shape index (κ2) is 10.4. The minimum atomic E-state index is -1.22. The number of rotatable bonds is 3. The van der Waals surface area contributed by atoms with E-state index in [2.05, 4.69) is 30.9 Å². The third-order valence-corrected chi connectivity index (χ3v) is 2.89. The first-order chi connectivity index (χ1) is 5.83. The molecule has 0 aromatic rings. The van der Waals surface area contributed by atoms with Gasteiger partial charge in [0, 0.05) is 14.6 Å². The highest BCUT2D eigenvalue weighted by Gasteiger charge is 2.10. The van der Waals surface area contributed by atoms with Crippen LogP contribution in [0.25, 0.3) is 0 Å². The summed E-state index contributed by atoms with van der Waals surface area (Å²) in [6.45, 7) is 7.98. The summed E-state index contributed by atoms with van der Waals surface area (Å²) >= 11 is 0. The zero-order chi connectivity index (χ0) is 10.9. The van der Waals surface area contributed by atoms with Gasteiger partial charge >= 0.3 is 6.09 Å². The third-order valence-electron chi connectivity index (χ3n) is 1.14. The number of nitrogens with two attached hydrogens (primary N) is 2. The number of carboxylic acid groups (broad SMARTS) is 1. The van der Waals surface area contributed by atoms with Gasteiger partial charge in [-0.15, -0.1) is 0 Å². The molecule has 14 heavy (non-hydrogen) atoms. The maximum Gasteiger partial charge on any atom is 0.418 e. The molecule has 0 bridgehead atoms. The van der Waals surface area contributed by atoms with Gasteiger partial charge in [0.2, 0.25) is 0 Å². The molecule has 0 aromatic carbocycles. The second-order valence-corrected chi connectivity index (χ2v) is 9.34.